The van der Waals surface area contributed by atoms with E-state index in [2.05, 4.69) is 9.88 Å². The molecule has 1 aliphatic heterocycles. The second-order valence-corrected chi connectivity index (χ2v) is 4.62. The number of hydrogen-bond donors (Lipinski definition) is 1. The average molecular weight is 250 g/mol. The Morgan fingerprint density at radius 2 is 2.44 bits per heavy atom. The van der Waals surface area contributed by atoms with Crippen LogP contribution >= 0.6 is 0 Å². The zero-order valence-electron chi connectivity index (χ0n) is 10.5. The minimum absolute atomic E-state index is 0.0872. The quantitative estimate of drug-likeness (QED) is 0.880. The molecule has 2 heterocycles. The maximum atomic E-state index is 10.7. The van der Waals surface area contributed by atoms with E-state index in [0.717, 1.165) is 31.8 Å². The lowest BCUT2D eigenvalue weighted by Gasteiger charge is -2.33. The van der Waals surface area contributed by atoms with Gasteiger partial charge in [0.2, 0.25) is 0 Å². The van der Waals surface area contributed by atoms with Crippen molar-refractivity contribution in [1.29, 1.82) is 0 Å². The normalized spacial score (nSPS) is 19.8. The Kier molecular flexibility index (Phi) is 4.15. The fourth-order valence-corrected chi connectivity index (χ4v) is 2.37. The Bertz CT molecular complexity index is 403. The van der Waals surface area contributed by atoms with Crippen LogP contribution in [0.4, 0.5) is 5.69 Å². The maximum absolute atomic E-state index is 10.7. The van der Waals surface area contributed by atoms with E-state index in [1.54, 1.807) is 19.4 Å². The van der Waals surface area contributed by atoms with Crippen molar-refractivity contribution in [3.8, 4) is 0 Å². The zero-order chi connectivity index (χ0) is 13.0. The van der Waals surface area contributed by atoms with Gasteiger partial charge in [0, 0.05) is 20.2 Å². The number of methoxy groups -OCH3 is 1. The van der Waals surface area contributed by atoms with Gasteiger partial charge in [0.15, 0.2) is 0 Å². The topological polar surface area (TPSA) is 62.7 Å². The number of aromatic carboxylic acids is 1. The summed E-state index contributed by atoms with van der Waals surface area (Å²) in [4.78, 5) is 16.9. The van der Waals surface area contributed by atoms with Crippen LogP contribution < -0.4 is 4.90 Å². The molecule has 1 fully saturated rings. The van der Waals surface area contributed by atoms with Crippen LogP contribution in [0.2, 0.25) is 0 Å². The third-order valence-electron chi connectivity index (χ3n) is 3.25. The number of anilines is 1. The van der Waals surface area contributed by atoms with E-state index in [-0.39, 0.29) is 5.69 Å². The molecule has 0 aliphatic carbocycles. The maximum Gasteiger partial charge on any atom is 0.354 e. The van der Waals surface area contributed by atoms with E-state index in [9.17, 15) is 4.79 Å². The first-order valence-corrected chi connectivity index (χ1v) is 6.14. The lowest BCUT2D eigenvalue weighted by molar-refractivity contribution is 0.0690. The van der Waals surface area contributed by atoms with Gasteiger partial charge in [-0.3, -0.25) is 0 Å². The summed E-state index contributed by atoms with van der Waals surface area (Å²) in [7, 11) is 1.72. The smallest absolute Gasteiger partial charge is 0.354 e. The molecule has 0 amide bonds. The summed E-state index contributed by atoms with van der Waals surface area (Å²) in [5.41, 5.74) is 1.07. The molecular weight excluding hydrogens is 232 g/mol. The van der Waals surface area contributed by atoms with Crippen LogP contribution in [0.25, 0.3) is 0 Å². The van der Waals surface area contributed by atoms with E-state index in [0.29, 0.717) is 5.92 Å². The van der Waals surface area contributed by atoms with Gasteiger partial charge in [-0.1, -0.05) is 0 Å². The number of pyridine rings is 1. The van der Waals surface area contributed by atoms with E-state index in [4.69, 9.17) is 9.84 Å². The van der Waals surface area contributed by atoms with Crippen LogP contribution in [-0.4, -0.2) is 42.9 Å². The lowest BCUT2D eigenvalue weighted by atomic mass is 9.98. The molecule has 98 valence electrons. The molecule has 1 saturated heterocycles. The van der Waals surface area contributed by atoms with Crippen LogP contribution in [0.1, 0.15) is 23.3 Å². The fourth-order valence-electron chi connectivity index (χ4n) is 2.37. The molecular formula is C13H18N2O3. The predicted molar refractivity (Wildman–Crippen MR) is 68.0 cm³/mol. The molecule has 1 unspecified atom stereocenters. The molecule has 0 saturated carbocycles. The second kappa shape index (κ2) is 5.82. The predicted octanol–water partition coefficient (Wildman–Crippen LogP) is 1.64. The Balaban J connectivity index is 2.04. The largest absolute Gasteiger partial charge is 0.477 e. The highest BCUT2D eigenvalue weighted by atomic mass is 16.5. The Hall–Kier alpha value is -1.62. The van der Waals surface area contributed by atoms with Gasteiger partial charge in [-0.05, 0) is 30.9 Å². The number of aromatic nitrogens is 1. The molecule has 0 spiro atoms. The van der Waals surface area contributed by atoms with Crippen molar-refractivity contribution in [2.75, 3.05) is 31.7 Å². The molecule has 0 bridgehead atoms. The summed E-state index contributed by atoms with van der Waals surface area (Å²) in [5, 5.41) is 8.81. The van der Waals surface area contributed by atoms with E-state index in [1.165, 1.54) is 6.42 Å². The monoisotopic (exact) mass is 250 g/mol. The van der Waals surface area contributed by atoms with Crippen molar-refractivity contribution < 1.29 is 14.6 Å². The van der Waals surface area contributed by atoms with Gasteiger partial charge in [-0.25, -0.2) is 9.78 Å². The van der Waals surface area contributed by atoms with Crippen LogP contribution in [-0.2, 0) is 4.74 Å². The molecule has 2 rings (SSSR count). The average Bonchev–Trinajstić information content (AvgIpc) is 2.39. The van der Waals surface area contributed by atoms with Gasteiger partial charge in [0.1, 0.15) is 5.69 Å². The second-order valence-electron chi connectivity index (χ2n) is 4.62. The SMILES string of the molecule is COCC1CCCN(c2ccc(C(=O)O)nc2)C1. The van der Waals surface area contributed by atoms with Crippen molar-refractivity contribution in [3.63, 3.8) is 0 Å². The minimum Gasteiger partial charge on any atom is -0.477 e. The molecule has 1 aromatic heterocycles. The van der Waals surface area contributed by atoms with Gasteiger partial charge >= 0.3 is 5.97 Å². The number of carbonyl (C=O) groups is 1. The molecule has 1 N–H and O–H groups in total. The van der Waals surface area contributed by atoms with Gasteiger partial charge in [-0.2, -0.15) is 0 Å². The summed E-state index contributed by atoms with van der Waals surface area (Å²) in [6.07, 6.45) is 3.96. The Morgan fingerprint density at radius 3 is 3.06 bits per heavy atom. The van der Waals surface area contributed by atoms with Crippen molar-refractivity contribution in [2.24, 2.45) is 5.92 Å². The van der Waals surface area contributed by atoms with Crippen LogP contribution in [0.15, 0.2) is 18.3 Å². The molecule has 1 aromatic rings. The number of rotatable bonds is 4. The molecule has 1 aliphatic rings. The molecule has 1 atom stereocenters. The molecule has 5 nitrogen and oxygen atoms in total. The zero-order valence-corrected chi connectivity index (χ0v) is 10.5. The van der Waals surface area contributed by atoms with E-state index in [1.807, 2.05) is 6.07 Å². The van der Waals surface area contributed by atoms with E-state index < -0.39 is 5.97 Å². The molecule has 0 radical (unpaired) electrons. The highest BCUT2D eigenvalue weighted by molar-refractivity contribution is 5.85. The standard InChI is InChI=1S/C13H18N2O3/c1-18-9-10-3-2-6-15(8-10)11-4-5-12(13(16)17)14-7-11/h4-5,7,10H,2-3,6,8-9H2,1H3,(H,16,17). The summed E-state index contributed by atoms with van der Waals surface area (Å²) >= 11 is 0. The molecule has 18 heavy (non-hydrogen) atoms. The summed E-state index contributed by atoms with van der Waals surface area (Å²) in [5.74, 6) is -0.444. The van der Waals surface area contributed by atoms with Crippen molar-refractivity contribution >= 4 is 11.7 Å². The Morgan fingerprint density at radius 1 is 1.61 bits per heavy atom. The third-order valence-corrected chi connectivity index (χ3v) is 3.25. The molecule has 0 aromatic carbocycles. The summed E-state index contributed by atoms with van der Waals surface area (Å²) in [6, 6.07) is 3.38. The number of ether oxygens (including phenoxy) is 1. The number of carboxylic acids is 1. The first-order chi connectivity index (χ1) is 8.70. The van der Waals surface area contributed by atoms with Gasteiger partial charge in [-0.15, -0.1) is 0 Å². The van der Waals surface area contributed by atoms with Crippen LogP contribution in [0.3, 0.4) is 0 Å². The number of piperidine rings is 1. The van der Waals surface area contributed by atoms with Crippen molar-refractivity contribution in [2.45, 2.75) is 12.8 Å². The van der Waals surface area contributed by atoms with Crippen LogP contribution in [0.5, 0.6) is 0 Å². The highest BCUT2D eigenvalue weighted by Gasteiger charge is 2.20. The summed E-state index contributed by atoms with van der Waals surface area (Å²) in [6.45, 7) is 2.72. The third kappa shape index (κ3) is 2.98. The Labute approximate surface area is 106 Å². The number of nitrogens with zero attached hydrogens (tertiary/aromatic N) is 2. The van der Waals surface area contributed by atoms with Crippen molar-refractivity contribution in [1.82, 2.24) is 4.98 Å². The summed E-state index contributed by atoms with van der Waals surface area (Å²) < 4.78 is 5.20. The lowest BCUT2D eigenvalue weighted by Crippen LogP contribution is -2.37. The number of carboxylic acid groups (broad SMARTS) is 1. The van der Waals surface area contributed by atoms with Gasteiger partial charge < -0.3 is 14.7 Å². The van der Waals surface area contributed by atoms with Crippen LogP contribution in [0, 0.1) is 5.92 Å². The van der Waals surface area contributed by atoms with Gasteiger partial charge in [0.25, 0.3) is 0 Å². The van der Waals surface area contributed by atoms with Crippen molar-refractivity contribution in [3.05, 3.63) is 24.0 Å². The highest BCUT2D eigenvalue weighted by Crippen LogP contribution is 2.22. The number of hydrogen-bond acceptors (Lipinski definition) is 4. The first kappa shape index (κ1) is 12.8. The first-order valence-electron chi connectivity index (χ1n) is 6.14. The minimum atomic E-state index is -0.988. The molecule has 5 heteroatoms. The van der Waals surface area contributed by atoms with Gasteiger partial charge in [0.05, 0.1) is 18.5 Å². The van der Waals surface area contributed by atoms with E-state index >= 15 is 0 Å². The fraction of sp³-hybridized carbons (Fsp3) is 0.538.